The second kappa shape index (κ2) is 4.94. The first-order chi connectivity index (χ1) is 7.77. The molecular weight excluding hydrogens is 242 g/mol. The SMILES string of the molecule is Cc1c(C)c(CC(N)C(=O)O)c(C)c(Cl)c1O. The number of aliphatic carboxylic acids is 1. The predicted molar refractivity (Wildman–Crippen MR) is 66.6 cm³/mol. The second-order valence-corrected chi connectivity index (χ2v) is 4.54. The molecule has 1 aromatic carbocycles. The van der Waals surface area contributed by atoms with Gasteiger partial charge in [0.1, 0.15) is 11.8 Å². The van der Waals surface area contributed by atoms with E-state index in [0.717, 1.165) is 11.1 Å². The van der Waals surface area contributed by atoms with Crippen LogP contribution in [0.3, 0.4) is 0 Å². The zero-order valence-corrected chi connectivity index (χ0v) is 10.8. The minimum absolute atomic E-state index is 0.0503. The number of phenolic OH excluding ortho intramolecular Hbond substituents is 1. The van der Waals surface area contributed by atoms with Crippen LogP contribution in [0.15, 0.2) is 0 Å². The summed E-state index contributed by atoms with van der Waals surface area (Å²) in [5.41, 5.74) is 8.49. The zero-order chi connectivity index (χ0) is 13.3. The monoisotopic (exact) mass is 257 g/mol. The van der Waals surface area contributed by atoms with Gasteiger partial charge in [0.15, 0.2) is 0 Å². The minimum atomic E-state index is -1.05. The van der Waals surface area contributed by atoms with Crippen molar-refractivity contribution >= 4 is 17.6 Å². The van der Waals surface area contributed by atoms with E-state index in [1.54, 1.807) is 13.8 Å². The summed E-state index contributed by atoms with van der Waals surface area (Å²) in [6.07, 6.45) is 0.202. The Hall–Kier alpha value is -1.26. The van der Waals surface area contributed by atoms with E-state index in [0.29, 0.717) is 11.1 Å². The largest absolute Gasteiger partial charge is 0.506 e. The van der Waals surface area contributed by atoms with Crippen LogP contribution in [0.5, 0.6) is 5.75 Å². The van der Waals surface area contributed by atoms with Gasteiger partial charge in [-0.15, -0.1) is 0 Å². The number of nitrogens with two attached hydrogens (primary N) is 1. The van der Waals surface area contributed by atoms with Crippen LogP contribution in [-0.2, 0) is 11.2 Å². The van der Waals surface area contributed by atoms with Crippen molar-refractivity contribution in [3.05, 3.63) is 27.3 Å². The van der Waals surface area contributed by atoms with Crippen molar-refractivity contribution in [3.63, 3.8) is 0 Å². The normalized spacial score (nSPS) is 12.5. The number of halogens is 1. The van der Waals surface area contributed by atoms with Crippen LogP contribution >= 0.6 is 11.6 Å². The number of carboxylic acids is 1. The van der Waals surface area contributed by atoms with Gasteiger partial charge in [0.2, 0.25) is 0 Å². The molecule has 4 N–H and O–H groups in total. The summed E-state index contributed by atoms with van der Waals surface area (Å²) in [6, 6.07) is -0.965. The van der Waals surface area contributed by atoms with Crippen LogP contribution in [-0.4, -0.2) is 22.2 Å². The van der Waals surface area contributed by atoms with Crippen molar-refractivity contribution in [3.8, 4) is 5.75 Å². The van der Waals surface area contributed by atoms with Crippen molar-refractivity contribution in [2.45, 2.75) is 33.2 Å². The maximum absolute atomic E-state index is 10.8. The summed E-state index contributed by atoms with van der Waals surface area (Å²) in [6.45, 7) is 5.31. The number of hydrogen-bond donors (Lipinski definition) is 3. The molecule has 5 heteroatoms. The van der Waals surface area contributed by atoms with Crippen LogP contribution in [0.25, 0.3) is 0 Å². The Morgan fingerprint density at radius 1 is 1.29 bits per heavy atom. The first-order valence-corrected chi connectivity index (χ1v) is 5.60. The summed E-state index contributed by atoms with van der Waals surface area (Å²) in [5, 5.41) is 18.8. The van der Waals surface area contributed by atoms with E-state index in [1.165, 1.54) is 0 Å². The average molecular weight is 258 g/mol. The van der Waals surface area contributed by atoms with Crippen LogP contribution in [0.4, 0.5) is 0 Å². The molecule has 0 radical (unpaired) electrons. The number of aromatic hydroxyl groups is 1. The fourth-order valence-electron chi connectivity index (χ4n) is 1.77. The molecule has 0 amide bonds. The topological polar surface area (TPSA) is 83.6 Å². The Bertz CT molecular complexity index is 442. The molecule has 0 aliphatic rings. The van der Waals surface area contributed by atoms with Crippen molar-refractivity contribution in [2.24, 2.45) is 5.73 Å². The van der Waals surface area contributed by atoms with Gasteiger partial charge in [-0.25, -0.2) is 0 Å². The molecule has 0 fully saturated rings. The summed E-state index contributed by atoms with van der Waals surface area (Å²) in [4.78, 5) is 10.8. The molecular formula is C12H16ClNO3. The molecule has 94 valence electrons. The number of carbonyl (C=O) groups is 1. The smallest absolute Gasteiger partial charge is 0.320 e. The van der Waals surface area contributed by atoms with Gasteiger partial charge in [-0.1, -0.05) is 11.6 Å². The molecule has 0 heterocycles. The number of phenols is 1. The molecule has 4 nitrogen and oxygen atoms in total. The van der Waals surface area contributed by atoms with Gasteiger partial charge in [-0.3, -0.25) is 4.79 Å². The molecule has 1 aromatic rings. The first-order valence-electron chi connectivity index (χ1n) is 5.22. The van der Waals surface area contributed by atoms with Crippen molar-refractivity contribution in [1.82, 2.24) is 0 Å². The summed E-state index contributed by atoms with van der Waals surface area (Å²) < 4.78 is 0. The summed E-state index contributed by atoms with van der Waals surface area (Å²) >= 11 is 5.98. The van der Waals surface area contributed by atoms with Gasteiger partial charge in [0.25, 0.3) is 0 Å². The maximum atomic E-state index is 10.8. The molecule has 0 saturated heterocycles. The third-order valence-corrected chi connectivity index (χ3v) is 3.56. The highest BCUT2D eigenvalue weighted by atomic mass is 35.5. The van der Waals surface area contributed by atoms with E-state index < -0.39 is 12.0 Å². The second-order valence-electron chi connectivity index (χ2n) is 4.16. The first kappa shape index (κ1) is 13.8. The van der Waals surface area contributed by atoms with Crippen LogP contribution in [0.1, 0.15) is 22.3 Å². The molecule has 0 aliphatic carbocycles. The number of rotatable bonds is 3. The van der Waals surface area contributed by atoms with Crippen LogP contribution < -0.4 is 5.73 Å². The molecule has 1 atom stereocenters. The Morgan fingerprint density at radius 3 is 2.29 bits per heavy atom. The average Bonchev–Trinajstić information content (AvgIpc) is 2.29. The molecule has 17 heavy (non-hydrogen) atoms. The lowest BCUT2D eigenvalue weighted by Crippen LogP contribution is -2.32. The van der Waals surface area contributed by atoms with E-state index in [4.69, 9.17) is 22.4 Å². The lowest BCUT2D eigenvalue weighted by Gasteiger charge is -2.17. The summed E-state index contributed by atoms with van der Waals surface area (Å²) in [7, 11) is 0. The number of hydrogen-bond acceptors (Lipinski definition) is 3. The third-order valence-electron chi connectivity index (χ3n) is 3.10. The van der Waals surface area contributed by atoms with E-state index in [1.807, 2.05) is 6.92 Å². The molecule has 1 rings (SSSR count). The molecule has 0 aromatic heterocycles. The predicted octanol–water partition coefficient (Wildman–Crippen LogP) is 1.93. The Kier molecular flexibility index (Phi) is 4.01. The highest BCUT2D eigenvalue weighted by Gasteiger charge is 2.20. The molecule has 1 unspecified atom stereocenters. The Balaban J connectivity index is 3.30. The van der Waals surface area contributed by atoms with E-state index in [9.17, 15) is 9.90 Å². The van der Waals surface area contributed by atoms with E-state index >= 15 is 0 Å². The zero-order valence-electron chi connectivity index (χ0n) is 10.0. The highest BCUT2D eigenvalue weighted by Crippen LogP contribution is 2.36. The molecule has 0 aliphatic heterocycles. The molecule has 0 saturated carbocycles. The molecule has 0 spiro atoms. The maximum Gasteiger partial charge on any atom is 0.320 e. The van der Waals surface area contributed by atoms with Gasteiger partial charge < -0.3 is 15.9 Å². The summed E-state index contributed by atoms with van der Waals surface area (Å²) in [5.74, 6) is -1.00. The lowest BCUT2D eigenvalue weighted by atomic mass is 9.92. The van der Waals surface area contributed by atoms with Crippen molar-refractivity contribution < 1.29 is 15.0 Å². The number of carboxylic acid groups (broad SMARTS) is 1. The Labute approximate surface area is 105 Å². The van der Waals surface area contributed by atoms with Crippen LogP contribution in [0.2, 0.25) is 5.02 Å². The fourth-order valence-corrected chi connectivity index (χ4v) is 2.03. The van der Waals surface area contributed by atoms with Crippen molar-refractivity contribution in [2.75, 3.05) is 0 Å². The third kappa shape index (κ3) is 2.53. The van der Waals surface area contributed by atoms with Gasteiger partial charge in [-0.2, -0.15) is 0 Å². The van der Waals surface area contributed by atoms with Gasteiger partial charge >= 0.3 is 5.97 Å². The quantitative estimate of drug-likeness (QED) is 0.773. The highest BCUT2D eigenvalue weighted by molar-refractivity contribution is 6.33. The number of benzene rings is 1. The van der Waals surface area contributed by atoms with Crippen molar-refractivity contribution in [1.29, 1.82) is 0 Å². The van der Waals surface area contributed by atoms with E-state index in [-0.39, 0.29) is 17.2 Å². The standard InChI is InChI=1S/C12H16ClNO3/c1-5-6(2)11(15)10(13)7(3)8(5)4-9(14)12(16)17/h9,15H,4,14H2,1-3H3,(H,16,17). The van der Waals surface area contributed by atoms with Gasteiger partial charge in [0, 0.05) is 0 Å². The van der Waals surface area contributed by atoms with Gasteiger partial charge in [0.05, 0.1) is 5.02 Å². The molecule has 0 bridgehead atoms. The van der Waals surface area contributed by atoms with E-state index in [2.05, 4.69) is 0 Å². The van der Waals surface area contributed by atoms with Gasteiger partial charge in [-0.05, 0) is 49.4 Å². The minimum Gasteiger partial charge on any atom is -0.506 e. The lowest BCUT2D eigenvalue weighted by molar-refractivity contribution is -0.138. The van der Waals surface area contributed by atoms with Crippen LogP contribution in [0, 0.1) is 20.8 Å². The fraction of sp³-hybridized carbons (Fsp3) is 0.417. The Morgan fingerprint density at radius 2 is 1.82 bits per heavy atom.